The topological polar surface area (TPSA) is 101 Å². The maximum Gasteiger partial charge on any atom is 0.425 e. The van der Waals surface area contributed by atoms with Gasteiger partial charge in [0, 0.05) is 0 Å². The van der Waals surface area contributed by atoms with Gasteiger partial charge in [0.15, 0.2) is 19.8 Å². The Kier molecular flexibility index (Phi) is 12.1. The minimum atomic E-state index is -7.41. The molecule has 0 aliphatic carbocycles. The summed E-state index contributed by atoms with van der Waals surface area (Å²) in [6, 6.07) is 0. The number of nitrogens with zero attached hydrogens (tertiary/aromatic N) is 4. The van der Waals surface area contributed by atoms with Gasteiger partial charge in [-0.15, -0.1) is 30.3 Å². The Morgan fingerprint density at radius 3 is 1.46 bits per heavy atom. The van der Waals surface area contributed by atoms with E-state index in [9.17, 15) is 68.9 Å². The predicted octanol–water partition coefficient (Wildman–Crippen LogP) is 11.1. The molecule has 0 heterocycles. The van der Waals surface area contributed by atoms with Gasteiger partial charge in [-0.3, -0.25) is 9.05 Å². The van der Waals surface area contributed by atoms with Gasteiger partial charge in [-0.1, -0.05) is 0 Å². The van der Waals surface area contributed by atoms with Crippen LogP contribution in [0.3, 0.4) is 0 Å². The molecule has 0 fully saturated rings. The fraction of sp³-hybridized carbons (Fsp3) is 1.00. The zero-order chi connectivity index (χ0) is 28.1. The fourth-order valence-corrected chi connectivity index (χ4v) is 8.33. The van der Waals surface area contributed by atoms with Crippen molar-refractivity contribution in [2.75, 3.05) is 19.8 Å². The van der Waals surface area contributed by atoms with Crippen molar-refractivity contribution in [3.05, 3.63) is 0 Å². The molecule has 0 rings (SSSR count). The van der Waals surface area contributed by atoms with Crippen LogP contribution >= 0.6 is 39.4 Å². The standard InChI is InChI=1S/C6H8F16N5O3P5/c7-4(8,9)1-28-31(16)24-35(22,30-3-6(13,14)15)27-33(19,20)25-32(17,18)26-34(21,23)29-2-5(10,11)12/h23,31H,1-3H2. The maximum absolute atomic E-state index is 14.3. The Hall–Kier alpha value is -0.0900. The molecule has 0 aliphatic rings. The summed E-state index contributed by atoms with van der Waals surface area (Å²) < 4.78 is 219. The number of halogens is 16. The molecule has 3 atom stereocenters. The minimum absolute atomic E-state index is 1.16. The van der Waals surface area contributed by atoms with Crippen molar-refractivity contribution in [2.45, 2.75) is 18.5 Å². The number of rotatable bonds is 10. The van der Waals surface area contributed by atoms with Gasteiger partial charge in [0.1, 0.15) is 0 Å². The van der Waals surface area contributed by atoms with Gasteiger partial charge in [-0.2, -0.15) is 56.6 Å². The van der Waals surface area contributed by atoms with Crippen LogP contribution in [0.15, 0.2) is 18.1 Å². The van der Waals surface area contributed by atoms with E-state index in [2.05, 4.69) is 13.6 Å². The Morgan fingerprint density at radius 2 is 1.03 bits per heavy atom. The molecule has 0 aromatic carbocycles. The highest BCUT2D eigenvalue weighted by Gasteiger charge is 2.39. The first-order chi connectivity index (χ1) is 15.1. The summed E-state index contributed by atoms with van der Waals surface area (Å²) in [4.78, 5) is 0. The summed E-state index contributed by atoms with van der Waals surface area (Å²) in [5.41, 5.74) is 0. The van der Waals surface area contributed by atoms with Crippen molar-refractivity contribution in [3.8, 4) is 0 Å². The first-order valence-corrected chi connectivity index (χ1v) is 14.5. The minimum Gasteiger partial charge on any atom is -0.313 e. The average molecular weight is 657 g/mol. The van der Waals surface area contributed by atoms with E-state index in [4.69, 9.17) is 5.16 Å². The molecule has 0 radical (unpaired) electrons. The molecule has 0 bridgehead atoms. The van der Waals surface area contributed by atoms with Gasteiger partial charge in [0.2, 0.25) is 0 Å². The van der Waals surface area contributed by atoms with E-state index in [1.807, 2.05) is 0 Å². The van der Waals surface area contributed by atoms with E-state index in [0.717, 1.165) is 4.52 Å². The van der Waals surface area contributed by atoms with E-state index >= 15 is 0 Å². The van der Waals surface area contributed by atoms with Crippen LogP contribution < -0.4 is 0 Å². The largest absolute Gasteiger partial charge is 0.425 e. The van der Waals surface area contributed by atoms with Crippen molar-refractivity contribution in [1.82, 2.24) is 0 Å². The maximum atomic E-state index is 14.3. The first-order valence-electron chi connectivity index (χ1n) is 7.25. The predicted molar refractivity (Wildman–Crippen MR) is 92.2 cm³/mol. The normalized spacial score (nSPS) is 18.5. The SMILES string of the molecule is N=P(F)(N=P(F)(F)N=P(F)(F)N=P(F)(/N=[PH](\F)OCC(F)(F)F)OCC(F)(F)F)OCC(F)(F)F. The summed E-state index contributed by atoms with van der Waals surface area (Å²) in [5, 5.41) is 6.46. The third-order valence-corrected chi connectivity index (χ3v) is 10.2. The third kappa shape index (κ3) is 18.8. The van der Waals surface area contributed by atoms with Crippen molar-refractivity contribution in [1.29, 1.82) is 5.16 Å². The van der Waals surface area contributed by atoms with Gasteiger partial charge < -0.3 is 4.52 Å². The molecule has 1 N–H and O–H groups in total. The molecule has 8 nitrogen and oxygen atoms in total. The fourth-order valence-electron chi connectivity index (χ4n) is 1.12. The summed E-state index contributed by atoms with van der Waals surface area (Å²) in [6.45, 7) is -8.10. The Labute approximate surface area is 184 Å². The van der Waals surface area contributed by atoms with Crippen molar-refractivity contribution in [3.63, 3.8) is 0 Å². The highest BCUT2D eigenvalue weighted by Crippen LogP contribution is 2.77. The summed E-state index contributed by atoms with van der Waals surface area (Å²) >= 11 is 0. The zero-order valence-corrected chi connectivity index (χ0v) is 20.0. The Balaban J connectivity index is 6.41. The van der Waals surface area contributed by atoms with Crippen molar-refractivity contribution in [2.24, 2.45) is 18.1 Å². The molecule has 0 spiro atoms. The molecule has 3 unspecified atom stereocenters. The summed E-state index contributed by atoms with van der Waals surface area (Å²) in [7, 11) is -32.9. The molecule has 29 heteroatoms. The Morgan fingerprint density at radius 1 is 0.629 bits per heavy atom. The Bertz CT molecular complexity index is 976. The average Bonchev–Trinajstić information content (AvgIpc) is 2.52. The van der Waals surface area contributed by atoms with E-state index in [1.165, 1.54) is 9.03 Å². The highest BCUT2D eigenvalue weighted by atomic mass is 31.3. The molecule has 212 valence electrons. The van der Waals surface area contributed by atoms with Crippen LogP contribution in [0.25, 0.3) is 0 Å². The van der Waals surface area contributed by atoms with Crippen LogP contribution in [0, 0.1) is 5.16 Å². The van der Waals surface area contributed by atoms with Crippen LogP contribution in [0.1, 0.15) is 0 Å². The van der Waals surface area contributed by atoms with Crippen molar-refractivity contribution >= 4 is 39.4 Å². The molecule has 35 heavy (non-hydrogen) atoms. The number of hydrogen-bond donors (Lipinski definition) is 1. The van der Waals surface area contributed by atoms with Crippen molar-refractivity contribution < 1.29 is 82.5 Å². The second kappa shape index (κ2) is 12.2. The highest BCUT2D eigenvalue weighted by molar-refractivity contribution is 7.74. The number of nitrogens with one attached hydrogen (secondary N) is 1. The van der Waals surface area contributed by atoms with Gasteiger partial charge in [-0.05, 0) is 0 Å². The lowest BCUT2D eigenvalue weighted by molar-refractivity contribution is -0.154. The molecular weight excluding hydrogens is 649 g/mol. The van der Waals surface area contributed by atoms with Crippen LogP contribution in [0.4, 0.5) is 68.9 Å². The van der Waals surface area contributed by atoms with Crippen LogP contribution in [-0.2, 0) is 13.6 Å². The second-order valence-electron chi connectivity index (χ2n) is 5.19. The van der Waals surface area contributed by atoms with E-state index < -0.39 is 77.7 Å². The lowest BCUT2D eigenvalue weighted by atomic mass is 10.7. The van der Waals surface area contributed by atoms with Gasteiger partial charge in [-0.25, -0.2) is 5.16 Å². The molecule has 0 amide bonds. The molecular formula is C6H8F16N5O3P5. The molecule has 0 aliphatic heterocycles. The molecule has 0 aromatic rings. The molecule has 0 saturated heterocycles. The van der Waals surface area contributed by atoms with E-state index in [1.54, 1.807) is 4.52 Å². The number of alkyl halides is 9. The second-order valence-corrected chi connectivity index (χ2v) is 13.2. The summed E-state index contributed by atoms with van der Waals surface area (Å²) in [6.07, 6.45) is -16.3. The lowest BCUT2D eigenvalue weighted by Crippen LogP contribution is -2.15. The molecule has 0 saturated carbocycles. The quantitative estimate of drug-likeness (QED) is 0.187. The summed E-state index contributed by atoms with van der Waals surface area (Å²) in [5.74, 6) is 0. The zero-order valence-electron chi connectivity index (χ0n) is 15.5. The lowest BCUT2D eigenvalue weighted by Gasteiger charge is -2.15. The number of hydrogen-bond acceptors (Lipinski definition) is 4. The van der Waals surface area contributed by atoms with Crippen LogP contribution in [-0.4, -0.2) is 38.3 Å². The first kappa shape index (κ1) is 34.9. The monoisotopic (exact) mass is 657 g/mol. The smallest absolute Gasteiger partial charge is 0.313 e. The molecule has 0 aromatic heterocycles. The van der Waals surface area contributed by atoms with E-state index in [-0.39, 0.29) is 0 Å². The van der Waals surface area contributed by atoms with Crippen LogP contribution in [0.5, 0.6) is 0 Å². The van der Waals surface area contributed by atoms with Gasteiger partial charge >= 0.3 is 49.7 Å². The van der Waals surface area contributed by atoms with Gasteiger partial charge in [0.25, 0.3) is 8.25 Å². The van der Waals surface area contributed by atoms with E-state index in [0.29, 0.717) is 0 Å². The third-order valence-electron chi connectivity index (χ3n) is 2.00. The van der Waals surface area contributed by atoms with Gasteiger partial charge in [0.05, 0.1) is 0 Å². The van der Waals surface area contributed by atoms with Crippen LogP contribution in [0.2, 0.25) is 0 Å².